The summed E-state index contributed by atoms with van der Waals surface area (Å²) in [6, 6.07) is 7.48. The van der Waals surface area contributed by atoms with E-state index in [0.717, 1.165) is 17.7 Å². The standard InChI is InChI=1S/C20H32N2O3/c1-6-11-25-17-9-7-16(8-10-17)20(21-18(23)12-14(2)3)22-19(24)13-15(4)5/h7-10,14-15,20H,6,11-13H2,1-5H3,(H,21,23)(H,22,24). The number of benzene rings is 1. The molecular formula is C20H32N2O3. The summed E-state index contributed by atoms with van der Waals surface area (Å²) in [4.78, 5) is 24.3. The molecule has 0 aliphatic heterocycles. The summed E-state index contributed by atoms with van der Waals surface area (Å²) in [6.07, 6.45) is 1.27. The van der Waals surface area contributed by atoms with E-state index < -0.39 is 6.17 Å². The first-order valence-electron chi connectivity index (χ1n) is 9.13. The van der Waals surface area contributed by atoms with Gasteiger partial charge in [0.25, 0.3) is 0 Å². The molecule has 0 aromatic heterocycles. The fourth-order valence-electron chi connectivity index (χ4n) is 2.36. The van der Waals surface area contributed by atoms with Crippen molar-refractivity contribution in [1.29, 1.82) is 0 Å². The lowest BCUT2D eigenvalue weighted by Gasteiger charge is -2.22. The quantitative estimate of drug-likeness (QED) is 0.632. The van der Waals surface area contributed by atoms with Crippen molar-refractivity contribution in [2.75, 3.05) is 6.61 Å². The molecule has 140 valence electrons. The zero-order valence-electron chi connectivity index (χ0n) is 16.1. The maximum absolute atomic E-state index is 12.2. The molecule has 0 atom stereocenters. The number of amides is 2. The number of rotatable bonds is 10. The van der Waals surface area contributed by atoms with Crippen LogP contribution in [0, 0.1) is 11.8 Å². The molecule has 0 saturated carbocycles. The third-order valence-corrected chi connectivity index (χ3v) is 3.48. The van der Waals surface area contributed by atoms with Crippen LogP contribution in [0.15, 0.2) is 24.3 Å². The van der Waals surface area contributed by atoms with E-state index in [-0.39, 0.29) is 23.7 Å². The molecule has 2 amide bonds. The topological polar surface area (TPSA) is 67.4 Å². The predicted octanol–water partition coefficient (Wildman–Crippen LogP) is 3.80. The molecule has 0 saturated heterocycles. The molecule has 1 rings (SSSR count). The third-order valence-electron chi connectivity index (χ3n) is 3.48. The fraction of sp³-hybridized carbons (Fsp3) is 0.600. The second-order valence-electron chi connectivity index (χ2n) is 7.18. The van der Waals surface area contributed by atoms with Gasteiger partial charge in [-0.15, -0.1) is 0 Å². The number of hydrogen-bond donors (Lipinski definition) is 2. The molecule has 0 heterocycles. The van der Waals surface area contributed by atoms with Crippen LogP contribution in [0.1, 0.15) is 65.6 Å². The van der Waals surface area contributed by atoms with Gasteiger partial charge >= 0.3 is 0 Å². The minimum Gasteiger partial charge on any atom is -0.494 e. The largest absolute Gasteiger partial charge is 0.494 e. The van der Waals surface area contributed by atoms with Gasteiger partial charge in [-0.05, 0) is 36.0 Å². The highest BCUT2D eigenvalue weighted by atomic mass is 16.5. The Hall–Kier alpha value is -2.04. The summed E-state index contributed by atoms with van der Waals surface area (Å²) in [5.41, 5.74) is 0.832. The molecule has 0 bridgehead atoms. The van der Waals surface area contributed by atoms with Gasteiger partial charge in [0.15, 0.2) is 0 Å². The summed E-state index contributed by atoms with van der Waals surface area (Å²) < 4.78 is 5.58. The molecule has 1 aromatic rings. The normalized spacial score (nSPS) is 11.0. The van der Waals surface area contributed by atoms with Crippen molar-refractivity contribution in [3.05, 3.63) is 29.8 Å². The summed E-state index contributed by atoms with van der Waals surface area (Å²) in [5.74, 6) is 1.16. The molecule has 2 N–H and O–H groups in total. The van der Waals surface area contributed by atoms with Crippen LogP contribution in [0.2, 0.25) is 0 Å². The lowest BCUT2D eigenvalue weighted by molar-refractivity contribution is -0.125. The van der Waals surface area contributed by atoms with Crippen molar-refractivity contribution in [1.82, 2.24) is 10.6 Å². The van der Waals surface area contributed by atoms with Crippen molar-refractivity contribution < 1.29 is 14.3 Å². The maximum atomic E-state index is 12.2. The Kier molecular flexibility index (Phi) is 9.03. The molecule has 0 fully saturated rings. The van der Waals surface area contributed by atoms with Crippen LogP contribution in [0.3, 0.4) is 0 Å². The Morgan fingerprint density at radius 3 is 1.80 bits per heavy atom. The number of hydrogen-bond acceptors (Lipinski definition) is 3. The van der Waals surface area contributed by atoms with E-state index >= 15 is 0 Å². The first-order valence-corrected chi connectivity index (χ1v) is 9.13. The Bertz CT molecular complexity index is 514. The molecule has 1 aromatic carbocycles. The van der Waals surface area contributed by atoms with Crippen LogP contribution in [0.4, 0.5) is 0 Å². The summed E-state index contributed by atoms with van der Waals surface area (Å²) in [6.45, 7) is 10.7. The third kappa shape index (κ3) is 8.57. The monoisotopic (exact) mass is 348 g/mol. The van der Waals surface area contributed by atoms with E-state index in [4.69, 9.17) is 4.74 Å². The Morgan fingerprint density at radius 1 is 0.920 bits per heavy atom. The van der Waals surface area contributed by atoms with E-state index in [2.05, 4.69) is 17.6 Å². The predicted molar refractivity (Wildman–Crippen MR) is 100 cm³/mol. The van der Waals surface area contributed by atoms with Crippen LogP contribution >= 0.6 is 0 Å². The van der Waals surface area contributed by atoms with Crippen molar-refractivity contribution in [2.45, 2.75) is 60.0 Å². The van der Waals surface area contributed by atoms with Gasteiger partial charge in [0.2, 0.25) is 11.8 Å². The average Bonchev–Trinajstić information content (AvgIpc) is 2.51. The van der Waals surface area contributed by atoms with E-state index in [0.29, 0.717) is 19.4 Å². The Morgan fingerprint density at radius 2 is 1.40 bits per heavy atom. The van der Waals surface area contributed by atoms with Gasteiger partial charge in [0.1, 0.15) is 11.9 Å². The SMILES string of the molecule is CCCOc1ccc(C(NC(=O)CC(C)C)NC(=O)CC(C)C)cc1. The van der Waals surface area contributed by atoms with Crippen molar-refractivity contribution >= 4 is 11.8 Å². The Labute approximate surface area is 151 Å². The number of nitrogens with one attached hydrogen (secondary N) is 2. The van der Waals surface area contributed by atoms with Crippen molar-refractivity contribution in [2.24, 2.45) is 11.8 Å². The number of ether oxygens (including phenoxy) is 1. The molecule has 0 radical (unpaired) electrons. The van der Waals surface area contributed by atoms with Crippen LogP contribution in [-0.4, -0.2) is 18.4 Å². The summed E-state index contributed by atoms with van der Waals surface area (Å²) in [5, 5.41) is 5.84. The highest BCUT2D eigenvalue weighted by molar-refractivity contribution is 5.79. The molecule has 0 aliphatic rings. The number of carbonyl (C=O) groups excluding carboxylic acids is 2. The van der Waals surface area contributed by atoms with E-state index in [1.807, 2.05) is 52.0 Å². The molecule has 0 unspecified atom stereocenters. The smallest absolute Gasteiger partial charge is 0.222 e. The Balaban J connectivity index is 2.84. The molecule has 5 nitrogen and oxygen atoms in total. The van der Waals surface area contributed by atoms with Gasteiger partial charge in [0, 0.05) is 12.8 Å². The summed E-state index contributed by atoms with van der Waals surface area (Å²) in [7, 11) is 0. The second-order valence-corrected chi connectivity index (χ2v) is 7.18. The highest BCUT2D eigenvalue weighted by Crippen LogP contribution is 2.18. The summed E-state index contributed by atoms with van der Waals surface area (Å²) >= 11 is 0. The average molecular weight is 348 g/mol. The first-order chi connectivity index (χ1) is 11.8. The lowest BCUT2D eigenvalue weighted by Crippen LogP contribution is -2.41. The first kappa shape index (κ1) is 21.0. The molecule has 5 heteroatoms. The highest BCUT2D eigenvalue weighted by Gasteiger charge is 2.18. The second kappa shape index (κ2) is 10.7. The van der Waals surface area contributed by atoms with E-state index in [9.17, 15) is 9.59 Å². The zero-order chi connectivity index (χ0) is 18.8. The minimum atomic E-state index is -0.530. The van der Waals surface area contributed by atoms with Gasteiger partial charge in [-0.1, -0.05) is 46.8 Å². The van der Waals surface area contributed by atoms with Gasteiger partial charge < -0.3 is 15.4 Å². The van der Waals surface area contributed by atoms with Gasteiger partial charge in [-0.25, -0.2) is 0 Å². The van der Waals surface area contributed by atoms with Gasteiger partial charge in [-0.2, -0.15) is 0 Å². The lowest BCUT2D eigenvalue weighted by atomic mass is 10.1. The van der Waals surface area contributed by atoms with Gasteiger partial charge in [-0.3, -0.25) is 9.59 Å². The minimum absolute atomic E-state index is 0.0730. The fourth-order valence-corrected chi connectivity index (χ4v) is 2.36. The van der Waals surface area contributed by atoms with Crippen molar-refractivity contribution in [3.63, 3.8) is 0 Å². The molecule has 25 heavy (non-hydrogen) atoms. The van der Waals surface area contributed by atoms with E-state index in [1.54, 1.807) is 0 Å². The van der Waals surface area contributed by atoms with Crippen LogP contribution in [-0.2, 0) is 9.59 Å². The van der Waals surface area contributed by atoms with Crippen LogP contribution in [0.25, 0.3) is 0 Å². The molecule has 0 spiro atoms. The number of carbonyl (C=O) groups is 2. The van der Waals surface area contributed by atoms with Crippen LogP contribution in [0.5, 0.6) is 5.75 Å². The zero-order valence-corrected chi connectivity index (χ0v) is 16.1. The van der Waals surface area contributed by atoms with E-state index in [1.165, 1.54) is 0 Å². The van der Waals surface area contributed by atoms with Crippen molar-refractivity contribution in [3.8, 4) is 5.75 Å². The van der Waals surface area contributed by atoms with Crippen LogP contribution < -0.4 is 15.4 Å². The molecular weight excluding hydrogens is 316 g/mol. The molecule has 0 aliphatic carbocycles. The maximum Gasteiger partial charge on any atom is 0.222 e. The van der Waals surface area contributed by atoms with Gasteiger partial charge in [0.05, 0.1) is 6.61 Å².